The number of rotatable bonds is 6. The van der Waals surface area contributed by atoms with Crippen molar-refractivity contribution < 1.29 is 12.8 Å². The molecule has 21 heavy (non-hydrogen) atoms. The van der Waals surface area contributed by atoms with E-state index >= 15 is 0 Å². The first kappa shape index (κ1) is 16.4. The Morgan fingerprint density at radius 1 is 1.33 bits per heavy atom. The number of hydrogen-bond donors (Lipinski definition) is 1. The van der Waals surface area contributed by atoms with Gasteiger partial charge in [-0.05, 0) is 37.6 Å². The van der Waals surface area contributed by atoms with Crippen molar-refractivity contribution in [2.24, 2.45) is 0 Å². The molecular formula is C15H23FN2O2S. The molecule has 1 saturated carbocycles. The van der Waals surface area contributed by atoms with Crippen LogP contribution < -0.4 is 5.32 Å². The molecule has 0 aliphatic heterocycles. The Bertz CT molecular complexity index is 583. The number of benzene rings is 1. The highest BCUT2D eigenvalue weighted by Crippen LogP contribution is 2.29. The van der Waals surface area contributed by atoms with E-state index in [1.165, 1.54) is 16.4 Å². The molecule has 1 N–H and O–H groups in total. The van der Waals surface area contributed by atoms with Gasteiger partial charge < -0.3 is 5.32 Å². The fourth-order valence-corrected chi connectivity index (χ4v) is 4.75. The molecule has 1 aliphatic carbocycles. The van der Waals surface area contributed by atoms with E-state index in [-0.39, 0.29) is 10.9 Å². The molecular weight excluding hydrogens is 291 g/mol. The highest BCUT2D eigenvalue weighted by atomic mass is 32.2. The van der Waals surface area contributed by atoms with Gasteiger partial charge in [0.15, 0.2) is 0 Å². The second-order valence-corrected chi connectivity index (χ2v) is 7.30. The van der Waals surface area contributed by atoms with Crippen molar-refractivity contribution in [1.82, 2.24) is 9.62 Å². The van der Waals surface area contributed by atoms with Crippen LogP contribution >= 0.6 is 0 Å². The molecule has 1 aromatic rings. The minimum atomic E-state index is -3.76. The zero-order chi connectivity index (χ0) is 15.5. The molecule has 2 rings (SSSR count). The van der Waals surface area contributed by atoms with Gasteiger partial charge in [-0.3, -0.25) is 0 Å². The van der Waals surface area contributed by atoms with Crippen LogP contribution in [0.4, 0.5) is 4.39 Å². The van der Waals surface area contributed by atoms with E-state index in [1.807, 2.05) is 6.92 Å². The second kappa shape index (κ2) is 6.85. The average Bonchev–Trinajstić information content (AvgIpc) is 2.93. The predicted molar refractivity (Wildman–Crippen MR) is 81.0 cm³/mol. The van der Waals surface area contributed by atoms with Crippen LogP contribution in [0.25, 0.3) is 0 Å². The minimum absolute atomic E-state index is 0.0105. The topological polar surface area (TPSA) is 49.4 Å². The number of nitrogens with zero attached hydrogens (tertiary/aromatic N) is 1. The van der Waals surface area contributed by atoms with Crippen LogP contribution in [0.5, 0.6) is 0 Å². The van der Waals surface area contributed by atoms with E-state index < -0.39 is 15.8 Å². The first-order valence-electron chi connectivity index (χ1n) is 7.45. The average molecular weight is 314 g/mol. The maximum absolute atomic E-state index is 14.2. The van der Waals surface area contributed by atoms with Crippen LogP contribution in [0.2, 0.25) is 0 Å². The third kappa shape index (κ3) is 3.44. The third-order valence-corrected chi connectivity index (χ3v) is 6.07. The molecule has 0 saturated heterocycles. The van der Waals surface area contributed by atoms with Crippen LogP contribution in [0.1, 0.15) is 38.2 Å². The van der Waals surface area contributed by atoms with Crippen molar-refractivity contribution in [2.75, 3.05) is 13.6 Å². The van der Waals surface area contributed by atoms with Gasteiger partial charge in [-0.15, -0.1) is 0 Å². The summed E-state index contributed by atoms with van der Waals surface area (Å²) in [4.78, 5) is -0.212. The lowest BCUT2D eigenvalue weighted by molar-refractivity contribution is 0.334. The molecule has 0 amide bonds. The lowest BCUT2D eigenvalue weighted by Crippen LogP contribution is -2.39. The van der Waals surface area contributed by atoms with Gasteiger partial charge in [-0.25, -0.2) is 12.8 Å². The quantitative estimate of drug-likeness (QED) is 0.877. The summed E-state index contributed by atoms with van der Waals surface area (Å²) in [5.74, 6) is -0.667. The van der Waals surface area contributed by atoms with E-state index in [0.717, 1.165) is 31.2 Å². The molecule has 6 heteroatoms. The zero-order valence-electron chi connectivity index (χ0n) is 12.6. The largest absolute Gasteiger partial charge is 0.316 e. The van der Waals surface area contributed by atoms with E-state index in [9.17, 15) is 12.8 Å². The second-order valence-electron chi connectivity index (χ2n) is 5.44. The summed E-state index contributed by atoms with van der Waals surface area (Å²) in [6.07, 6.45) is 3.82. The highest BCUT2D eigenvalue weighted by molar-refractivity contribution is 7.89. The van der Waals surface area contributed by atoms with E-state index in [0.29, 0.717) is 13.1 Å². The van der Waals surface area contributed by atoms with Crippen molar-refractivity contribution in [2.45, 2.75) is 50.1 Å². The molecule has 0 radical (unpaired) electrons. The molecule has 1 aromatic carbocycles. The normalized spacial score (nSPS) is 16.8. The van der Waals surface area contributed by atoms with Crippen molar-refractivity contribution in [1.29, 1.82) is 0 Å². The lowest BCUT2D eigenvalue weighted by Gasteiger charge is -2.27. The summed E-state index contributed by atoms with van der Waals surface area (Å²) in [7, 11) is -1.99. The molecule has 0 bridgehead atoms. The number of halogens is 1. The fourth-order valence-electron chi connectivity index (χ4n) is 3.01. The Hall–Kier alpha value is -0.980. The van der Waals surface area contributed by atoms with E-state index in [4.69, 9.17) is 0 Å². The fraction of sp³-hybridized carbons (Fsp3) is 0.600. The molecule has 1 aliphatic rings. The Morgan fingerprint density at radius 3 is 2.52 bits per heavy atom. The van der Waals surface area contributed by atoms with Gasteiger partial charge >= 0.3 is 0 Å². The first-order valence-corrected chi connectivity index (χ1v) is 8.89. The Kier molecular flexibility index (Phi) is 5.35. The molecule has 0 unspecified atom stereocenters. The van der Waals surface area contributed by atoms with E-state index in [2.05, 4.69) is 5.32 Å². The van der Waals surface area contributed by atoms with Gasteiger partial charge in [0.2, 0.25) is 10.0 Å². The number of hydrogen-bond acceptors (Lipinski definition) is 3. The SMILES string of the molecule is CCN(C1CCCC1)S(=O)(=O)c1ccc(CNC)cc1F. The highest BCUT2D eigenvalue weighted by Gasteiger charge is 2.33. The Morgan fingerprint density at radius 2 is 2.00 bits per heavy atom. The summed E-state index contributed by atoms with van der Waals surface area (Å²) in [6.45, 7) is 2.70. The molecule has 0 aromatic heterocycles. The van der Waals surface area contributed by atoms with Crippen molar-refractivity contribution in [3.63, 3.8) is 0 Å². The molecule has 0 heterocycles. The predicted octanol–water partition coefficient (Wildman–Crippen LogP) is 2.50. The number of sulfonamides is 1. The van der Waals surface area contributed by atoms with Crippen LogP contribution in [0.15, 0.2) is 23.1 Å². The maximum Gasteiger partial charge on any atom is 0.246 e. The first-order chi connectivity index (χ1) is 10.0. The summed E-state index contributed by atoms with van der Waals surface area (Å²) in [5.41, 5.74) is 0.734. The molecule has 118 valence electrons. The van der Waals surface area contributed by atoms with Crippen molar-refractivity contribution >= 4 is 10.0 Å². The summed E-state index contributed by atoms with van der Waals surface area (Å²) < 4.78 is 41.1. The van der Waals surface area contributed by atoms with Gasteiger partial charge in [-0.1, -0.05) is 25.8 Å². The molecule has 0 atom stereocenters. The van der Waals surface area contributed by atoms with Crippen molar-refractivity contribution in [3.05, 3.63) is 29.6 Å². The van der Waals surface area contributed by atoms with Crippen LogP contribution in [0.3, 0.4) is 0 Å². The summed E-state index contributed by atoms with van der Waals surface area (Å²) in [5, 5.41) is 2.92. The van der Waals surface area contributed by atoms with Gasteiger partial charge in [0.1, 0.15) is 10.7 Å². The minimum Gasteiger partial charge on any atom is -0.316 e. The van der Waals surface area contributed by atoms with Gasteiger partial charge in [0, 0.05) is 19.1 Å². The van der Waals surface area contributed by atoms with Gasteiger partial charge in [0.05, 0.1) is 0 Å². The Labute approximate surface area is 126 Å². The molecule has 0 spiro atoms. The summed E-state index contributed by atoms with van der Waals surface area (Å²) in [6, 6.07) is 4.35. The summed E-state index contributed by atoms with van der Waals surface area (Å²) >= 11 is 0. The van der Waals surface area contributed by atoms with Crippen LogP contribution in [-0.2, 0) is 16.6 Å². The number of nitrogens with one attached hydrogen (secondary N) is 1. The monoisotopic (exact) mass is 314 g/mol. The molecule has 4 nitrogen and oxygen atoms in total. The molecule has 1 fully saturated rings. The standard InChI is InChI=1S/C15H23FN2O2S/c1-3-18(13-6-4-5-7-13)21(19,20)15-9-8-12(11-17-2)10-14(15)16/h8-10,13,17H,3-7,11H2,1-2H3. The van der Waals surface area contributed by atoms with Gasteiger partial charge in [0.25, 0.3) is 0 Å². The van der Waals surface area contributed by atoms with Crippen molar-refractivity contribution in [3.8, 4) is 0 Å². The van der Waals surface area contributed by atoms with E-state index in [1.54, 1.807) is 13.1 Å². The Balaban J connectivity index is 2.33. The van der Waals surface area contributed by atoms with Crippen LogP contribution in [0, 0.1) is 5.82 Å². The zero-order valence-corrected chi connectivity index (χ0v) is 13.4. The van der Waals surface area contributed by atoms with Crippen LogP contribution in [-0.4, -0.2) is 32.4 Å². The van der Waals surface area contributed by atoms with Gasteiger partial charge in [-0.2, -0.15) is 4.31 Å². The third-order valence-electron chi connectivity index (χ3n) is 4.01. The maximum atomic E-state index is 14.2. The smallest absolute Gasteiger partial charge is 0.246 e. The lowest BCUT2D eigenvalue weighted by atomic mass is 10.2.